The van der Waals surface area contributed by atoms with Crippen LogP contribution in [0.4, 0.5) is 5.69 Å². The molecule has 0 aromatic heterocycles. The molecule has 0 atom stereocenters. The van der Waals surface area contributed by atoms with Crippen molar-refractivity contribution < 1.29 is 20.1 Å². The van der Waals surface area contributed by atoms with Crippen molar-refractivity contribution in [1.82, 2.24) is 0 Å². The average Bonchev–Trinajstić information content (AvgIpc) is 2.77. The summed E-state index contributed by atoms with van der Waals surface area (Å²) >= 11 is 6.37. The third-order valence-corrected chi connectivity index (χ3v) is 4.48. The molecule has 116 valence electrons. The molecule has 2 aromatic carbocycles. The highest BCUT2D eigenvalue weighted by atomic mass is 32.2. The summed E-state index contributed by atoms with van der Waals surface area (Å²) in [5, 5.41) is 28.4. The minimum absolute atomic E-state index is 0.0454. The van der Waals surface area contributed by atoms with Crippen molar-refractivity contribution in [2.75, 3.05) is 4.90 Å². The van der Waals surface area contributed by atoms with Gasteiger partial charge >= 0.3 is 0 Å². The van der Waals surface area contributed by atoms with Gasteiger partial charge < -0.3 is 15.3 Å². The molecule has 1 heterocycles. The highest BCUT2D eigenvalue weighted by Crippen LogP contribution is 2.37. The van der Waals surface area contributed by atoms with Crippen LogP contribution in [0.1, 0.15) is 5.56 Å². The first-order valence-corrected chi connectivity index (χ1v) is 7.77. The second-order valence-electron chi connectivity index (χ2n) is 4.79. The molecular weight excluding hydrogens is 334 g/mol. The Morgan fingerprint density at radius 1 is 1.04 bits per heavy atom. The molecule has 0 radical (unpaired) electrons. The molecule has 0 saturated carbocycles. The largest absolute Gasteiger partial charge is 0.508 e. The summed E-state index contributed by atoms with van der Waals surface area (Å²) in [7, 11) is 0. The van der Waals surface area contributed by atoms with Crippen LogP contribution in [-0.2, 0) is 4.79 Å². The lowest BCUT2D eigenvalue weighted by Crippen LogP contribution is -2.27. The fraction of sp³-hybridized carbons (Fsp3) is 0. The van der Waals surface area contributed by atoms with Crippen molar-refractivity contribution >= 4 is 46.0 Å². The predicted octanol–water partition coefficient (Wildman–Crippen LogP) is 3.21. The number of anilines is 1. The molecule has 1 aliphatic heterocycles. The number of nitrogens with zero attached hydrogens (tertiary/aromatic N) is 1. The molecule has 0 spiro atoms. The number of hydrogen-bond donors (Lipinski definition) is 3. The number of thiocarbonyl (C=S) groups is 1. The summed E-state index contributed by atoms with van der Waals surface area (Å²) in [6.45, 7) is 0. The first-order valence-electron chi connectivity index (χ1n) is 6.54. The lowest BCUT2D eigenvalue weighted by atomic mass is 10.2. The van der Waals surface area contributed by atoms with Crippen LogP contribution >= 0.6 is 24.0 Å². The Hall–Kier alpha value is -2.51. The van der Waals surface area contributed by atoms with Gasteiger partial charge in [-0.05, 0) is 35.9 Å². The first-order chi connectivity index (χ1) is 11.0. The smallest absolute Gasteiger partial charge is 0.270 e. The van der Waals surface area contributed by atoms with E-state index in [0.29, 0.717) is 20.5 Å². The van der Waals surface area contributed by atoms with E-state index in [1.54, 1.807) is 24.3 Å². The molecule has 1 aliphatic rings. The van der Waals surface area contributed by atoms with Gasteiger partial charge in [-0.15, -0.1) is 0 Å². The second kappa shape index (κ2) is 5.94. The van der Waals surface area contributed by atoms with Crippen LogP contribution in [0.3, 0.4) is 0 Å². The van der Waals surface area contributed by atoms with E-state index < -0.39 is 0 Å². The van der Waals surface area contributed by atoms with Crippen molar-refractivity contribution in [2.45, 2.75) is 0 Å². The maximum atomic E-state index is 12.5. The highest BCUT2D eigenvalue weighted by Gasteiger charge is 2.33. The standard InChI is InChI=1S/C16H11NO4S2/c18-11-3-1-2-10(8-11)17-15(21)14(23-16(17)22)7-9-4-5-12(19)13(20)6-9/h1-8,18-20H/b14-7-. The molecule has 3 rings (SSSR count). The third-order valence-electron chi connectivity index (χ3n) is 3.18. The number of carbonyl (C=O) groups excluding carboxylic acids is 1. The summed E-state index contributed by atoms with van der Waals surface area (Å²) in [5.74, 6) is -0.751. The van der Waals surface area contributed by atoms with E-state index in [-0.39, 0.29) is 23.2 Å². The summed E-state index contributed by atoms with van der Waals surface area (Å²) in [4.78, 5) is 14.3. The van der Waals surface area contributed by atoms with Crippen LogP contribution in [-0.4, -0.2) is 25.5 Å². The second-order valence-corrected chi connectivity index (χ2v) is 6.46. The minimum Gasteiger partial charge on any atom is -0.508 e. The molecule has 0 bridgehead atoms. The van der Waals surface area contributed by atoms with E-state index in [1.807, 2.05) is 0 Å². The van der Waals surface area contributed by atoms with E-state index in [0.717, 1.165) is 11.8 Å². The molecule has 7 heteroatoms. The van der Waals surface area contributed by atoms with Crippen LogP contribution < -0.4 is 4.90 Å². The van der Waals surface area contributed by atoms with E-state index in [4.69, 9.17) is 12.2 Å². The predicted molar refractivity (Wildman–Crippen MR) is 93.5 cm³/mol. The lowest BCUT2D eigenvalue weighted by molar-refractivity contribution is -0.113. The van der Waals surface area contributed by atoms with E-state index >= 15 is 0 Å². The van der Waals surface area contributed by atoms with Gasteiger partial charge in [0.2, 0.25) is 0 Å². The molecule has 0 aliphatic carbocycles. The zero-order chi connectivity index (χ0) is 16.6. The van der Waals surface area contributed by atoms with Gasteiger partial charge in [0, 0.05) is 6.07 Å². The van der Waals surface area contributed by atoms with Gasteiger partial charge in [-0.3, -0.25) is 9.69 Å². The normalized spacial score (nSPS) is 16.3. The van der Waals surface area contributed by atoms with Crippen molar-refractivity contribution in [1.29, 1.82) is 0 Å². The number of rotatable bonds is 2. The maximum Gasteiger partial charge on any atom is 0.270 e. The van der Waals surface area contributed by atoms with Crippen LogP contribution in [0, 0.1) is 0 Å². The fourth-order valence-corrected chi connectivity index (χ4v) is 3.40. The molecule has 2 aromatic rings. The Morgan fingerprint density at radius 2 is 1.83 bits per heavy atom. The highest BCUT2D eigenvalue weighted by molar-refractivity contribution is 8.27. The van der Waals surface area contributed by atoms with Gasteiger partial charge in [-0.2, -0.15) is 0 Å². The van der Waals surface area contributed by atoms with Crippen molar-refractivity contribution in [2.24, 2.45) is 0 Å². The van der Waals surface area contributed by atoms with E-state index in [9.17, 15) is 20.1 Å². The van der Waals surface area contributed by atoms with Crippen LogP contribution in [0.5, 0.6) is 17.2 Å². The zero-order valence-electron chi connectivity index (χ0n) is 11.6. The summed E-state index contributed by atoms with van der Waals surface area (Å²) in [5.41, 5.74) is 1.06. The minimum atomic E-state index is -0.307. The fourth-order valence-electron chi connectivity index (χ4n) is 2.10. The molecule has 3 N–H and O–H groups in total. The van der Waals surface area contributed by atoms with Crippen molar-refractivity contribution in [3.05, 3.63) is 52.9 Å². The van der Waals surface area contributed by atoms with Gasteiger partial charge in [0.05, 0.1) is 10.6 Å². The quantitative estimate of drug-likeness (QED) is 0.441. The molecule has 1 fully saturated rings. The molecule has 23 heavy (non-hydrogen) atoms. The first kappa shape index (κ1) is 15.4. The van der Waals surface area contributed by atoms with Gasteiger partial charge in [0.1, 0.15) is 5.75 Å². The number of phenols is 3. The Morgan fingerprint density at radius 3 is 2.52 bits per heavy atom. The average molecular weight is 345 g/mol. The van der Waals surface area contributed by atoms with Crippen LogP contribution in [0.15, 0.2) is 47.4 Å². The zero-order valence-corrected chi connectivity index (χ0v) is 13.3. The molecule has 5 nitrogen and oxygen atoms in total. The Kier molecular flexibility index (Phi) is 3.97. The van der Waals surface area contributed by atoms with Gasteiger partial charge in [-0.1, -0.05) is 36.1 Å². The van der Waals surface area contributed by atoms with Gasteiger partial charge in [0.15, 0.2) is 15.8 Å². The van der Waals surface area contributed by atoms with Gasteiger partial charge in [0.25, 0.3) is 5.91 Å². The number of hydrogen-bond acceptors (Lipinski definition) is 6. The number of phenolic OH excluding ortho intramolecular Hbond substituents is 3. The number of carbonyl (C=O) groups is 1. The molecule has 0 unspecified atom stereocenters. The third kappa shape index (κ3) is 3.01. The monoisotopic (exact) mass is 345 g/mol. The Balaban J connectivity index is 1.94. The van der Waals surface area contributed by atoms with E-state index in [2.05, 4.69) is 0 Å². The summed E-state index contributed by atoms with van der Waals surface area (Å²) < 4.78 is 0.356. The van der Waals surface area contributed by atoms with E-state index in [1.165, 1.54) is 29.2 Å². The lowest BCUT2D eigenvalue weighted by Gasteiger charge is -2.14. The topological polar surface area (TPSA) is 81.0 Å². The van der Waals surface area contributed by atoms with Crippen LogP contribution in [0.25, 0.3) is 6.08 Å². The number of aromatic hydroxyl groups is 3. The summed E-state index contributed by atoms with van der Waals surface area (Å²) in [6.07, 6.45) is 1.58. The van der Waals surface area contributed by atoms with Crippen LogP contribution in [0.2, 0.25) is 0 Å². The Labute approximate surface area is 141 Å². The Bertz CT molecular complexity index is 848. The van der Waals surface area contributed by atoms with Gasteiger partial charge in [-0.25, -0.2) is 0 Å². The molecular formula is C16H11NO4S2. The summed E-state index contributed by atoms with van der Waals surface area (Å²) in [6, 6.07) is 10.6. The SMILES string of the molecule is O=C1/C(=C/c2ccc(O)c(O)c2)SC(=S)N1c1cccc(O)c1. The maximum absolute atomic E-state index is 12.5. The van der Waals surface area contributed by atoms with Crippen molar-refractivity contribution in [3.8, 4) is 17.2 Å². The number of benzene rings is 2. The molecule has 1 amide bonds. The number of thioether (sulfide) groups is 1. The molecule has 1 saturated heterocycles. The van der Waals surface area contributed by atoms with Crippen molar-refractivity contribution in [3.63, 3.8) is 0 Å². The number of amides is 1.